The molecule has 0 atom stereocenters. The summed E-state index contributed by atoms with van der Waals surface area (Å²) in [6.45, 7) is 0. The van der Waals surface area contributed by atoms with Gasteiger partial charge < -0.3 is 15.0 Å². The zero-order valence-corrected chi connectivity index (χ0v) is 16.5. The van der Waals surface area contributed by atoms with Gasteiger partial charge in [-0.05, 0) is 54.6 Å². The fourth-order valence-electron chi connectivity index (χ4n) is 2.99. The number of aromatic nitrogens is 1. The largest absolute Gasteiger partial charge is 0.457 e. The van der Waals surface area contributed by atoms with Gasteiger partial charge in [0, 0.05) is 24.6 Å². The van der Waals surface area contributed by atoms with Gasteiger partial charge >= 0.3 is 0 Å². The maximum atomic E-state index is 12.8. The van der Waals surface area contributed by atoms with Gasteiger partial charge in [-0.1, -0.05) is 36.4 Å². The van der Waals surface area contributed by atoms with E-state index in [1.54, 1.807) is 30.4 Å². The van der Waals surface area contributed by atoms with Crippen molar-refractivity contribution in [2.24, 2.45) is 0 Å². The molecule has 4 rings (SSSR count). The number of carbonyl (C=O) groups is 1. The minimum Gasteiger partial charge on any atom is -0.457 e. The van der Waals surface area contributed by atoms with Crippen LogP contribution in [0.15, 0.2) is 103 Å². The highest BCUT2D eigenvalue weighted by atomic mass is 16.5. The summed E-state index contributed by atoms with van der Waals surface area (Å²) in [6.07, 6.45) is 3.26. The molecule has 1 heterocycles. The number of rotatable bonds is 6. The van der Waals surface area contributed by atoms with Gasteiger partial charge in [-0.25, -0.2) is 0 Å². The molecule has 5 nitrogen and oxygen atoms in total. The Labute approximate surface area is 175 Å². The lowest BCUT2D eigenvalue weighted by Gasteiger charge is -2.17. The van der Waals surface area contributed by atoms with Gasteiger partial charge in [-0.2, -0.15) is 0 Å². The third-order valence-corrected chi connectivity index (χ3v) is 4.56. The first-order valence-electron chi connectivity index (χ1n) is 9.57. The van der Waals surface area contributed by atoms with E-state index in [9.17, 15) is 4.79 Å². The fourth-order valence-corrected chi connectivity index (χ4v) is 2.99. The second-order valence-corrected chi connectivity index (χ2v) is 6.73. The van der Waals surface area contributed by atoms with E-state index in [-0.39, 0.29) is 5.91 Å². The first kappa shape index (κ1) is 19.2. The minimum absolute atomic E-state index is 0.121. The van der Waals surface area contributed by atoms with Crippen molar-refractivity contribution in [2.75, 3.05) is 17.3 Å². The summed E-state index contributed by atoms with van der Waals surface area (Å²) in [4.78, 5) is 18.6. The molecule has 0 spiro atoms. The van der Waals surface area contributed by atoms with E-state index in [4.69, 9.17) is 4.74 Å². The standard InChI is InChI=1S/C25H21N3O2/c1-28(22-8-4-2-5-9-22)25(29)19-16-21(18-26-17-19)27-20-12-14-24(15-13-20)30-23-10-6-3-7-11-23/h2-18,27H,1H3. The number of hydrogen-bond donors (Lipinski definition) is 1. The normalized spacial score (nSPS) is 10.3. The first-order chi connectivity index (χ1) is 14.7. The zero-order chi connectivity index (χ0) is 20.8. The van der Waals surface area contributed by atoms with Crippen molar-refractivity contribution in [3.63, 3.8) is 0 Å². The second-order valence-electron chi connectivity index (χ2n) is 6.73. The molecule has 0 fully saturated rings. The highest BCUT2D eigenvalue weighted by molar-refractivity contribution is 6.06. The molecule has 148 valence electrons. The van der Waals surface area contributed by atoms with Crippen molar-refractivity contribution in [3.05, 3.63) is 109 Å². The first-order valence-corrected chi connectivity index (χ1v) is 9.57. The third-order valence-electron chi connectivity index (χ3n) is 4.56. The summed E-state index contributed by atoms with van der Waals surface area (Å²) in [5, 5.41) is 3.28. The Balaban J connectivity index is 1.44. The lowest BCUT2D eigenvalue weighted by molar-refractivity contribution is 0.0992. The van der Waals surface area contributed by atoms with E-state index in [0.29, 0.717) is 5.56 Å². The Morgan fingerprint density at radius 1 is 0.800 bits per heavy atom. The highest BCUT2D eigenvalue weighted by Gasteiger charge is 2.14. The molecule has 0 saturated heterocycles. The summed E-state index contributed by atoms with van der Waals surface area (Å²) in [5.41, 5.74) is 2.95. The van der Waals surface area contributed by atoms with E-state index in [2.05, 4.69) is 10.3 Å². The third kappa shape index (κ3) is 4.64. The van der Waals surface area contributed by atoms with E-state index >= 15 is 0 Å². The molecule has 0 saturated carbocycles. The van der Waals surface area contributed by atoms with Crippen molar-refractivity contribution in [1.29, 1.82) is 0 Å². The molecule has 0 bridgehead atoms. The average Bonchev–Trinajstić information content (AvgIpc) is 2.81. The Morgan fingerprint density at radius 2 is 1.43 bits per heavy atom. The van der Waals surface area contributed by atoms with Gasteiger partial charge in [0.2, 0.25) is 0 Å². The molecular formula is C25H21N3O2. The monoisotopic (exact) mass is 395 g/mol. The summed E-state index contributed by atoms with van der Waals surface area (Å²) in [5.74, 6) is 1.42. The fraction of sp³-hybridized carbons (Fsp3) is 0.0400. The maximum absolute atomic E-state index is 12.8. The Hall–Kier alpha value is -4.12. The number of hydrogen-bond acceptors (Lipinski definition) is 4. The number of ether oxygens (including phenoxy) is 1. The molecule has 4 aromatic rings. The van der Waals surface area contributed by atoms with Crippen molar-refractivity contribution in [3.8, 4) is 11.5 Å². The molecule has 0 aliphatic heterocycles. The number of amides is 1. The SMILES string of the molecule is CN(C(=O)c1cncc(Nc2ccc(Oc3ccccc3)cc2)c1)c1ccccc1. The Bertz CT molecular complexity index is 1110. The Kier molecular flexibility index (Phi) is 5.71. The topological polar surface area (TPSA) is 54.5 Å². The molecule has 1 N–H and O–H groups in total. The van der Waals surface area contributed by atoms with Gasteiger partial charge in [0.1, 0.15) is 11.5 Å². The lowest BCUT2D eigenvalue weighted by atomic mass is 10.2. The highest BCUT2D eigenvalue weighted by Crippen LogP contribution is 2.25. The van der Waals surface area contributed by atoms with Crippen LogP contribution in [-0.4, -0.2) is 17.9 Å². The van der Waals surface area contributed by atoms with Crippen molar-refractivity contribution in [2.45, 2.75) is 0 Å². The summed E-state index contributed by atoms with van der Waals surface area (Å²) < 4.78 is 5.81. The molecule has 0 unspecified atom stereocenters. The number of anilines is 3. The van der Waals surface area contributed by atoms with Crippen LogP contribution < -0.4 is 15.0 Å². The van der Waals surface area contributed by atoms with E-state index in [1.807, 2.05) is 84.9 Å². The van der Waals surface area contributed by atoms with Crippen LogP contribution in [0, 0.1) is 0 Å². The summed E-state index contributed by atoms with van der Waals surface area (Å²) >= 11 is 0. The number of nitrogens with zero attached hydrogens (tertiary/aromatic N) is 2. The van der Waals surface area contributed by atoms with Gasteiger partial charge in [-0.3, -0.25) is 9.78 Å². The molecule has 1 amide bonds. The predicted octanol–water partition coefficient (Wildman–Crippen LogP) is 5.89. The van der Waals surface area contributed by atoms with Crippen LogP contribution in [0.25, 0.3) is 0 Å². The van der Waals surface area contributed by atoms with Gasteiger partial charge in [0.05, 0.1) is 17.4 Å². The van der Waals surface area contributed by atoms with Crippen molar-refractivity contribution < 1.29 is 9.53 Å². The van der Waals surface area contributed by atoms with Crippen molar-refractivity contribution in [1.82, 2.24) is 4.98 Å². The van der Waals surface area contributed by atoms with E-state index in [0.717, 1.165) is 28.6 Å². The number of nitrogens with one attached hydrogen (secondary N) is 1. The van der Waals surface area contributed by atoms with Crippen LogP contribution in [0.1, 0.15) is 10.4 Å². The predicted molar refractivity (Wildman–Crippen MR) is 120 cm³/mol. The number of pyridine rings is 1. The lowest BCUT2D eigenvalue weighted by Crippen LogP contribution is -2.26. The molecule has 0 aliphatic rings. The van der Waals surface area contributed by atoms with Gasteiger partial charge in [-0.15, -0.1) is 0 Å². The number of para-hydroxylation sites is 2. The summed E-state index contributed by atoms with van der Waals surface area (Å²) in [6, 6.07) is 28.6. The van der Waals surface area contributed by atoms with Crippen LogP contribution in [-0.2, 0) is 0 Å². The van der Waals surface area contributed by atoms with Gasteiger partial charge in [0.15, 0.2) is 0 Å². The average molecular weight is 395 g/mol. The van der Waals surface area contributed by atoms with Crippen LogP contribution in [0.3, 0.4) is 0 Å². The van der Waals surface area contributed by atoms with Crippen LogP contribution >= 0.6 is 0 Å². The van der Waals surface area contributed by atoms with Crippen molar-refractivity contribution >= 4 is 23.0 Å². The van der Waals surface area contributed by atoms with Crippen LogP contribution in [0.4, 0.5) is 17.1 Å². The molecule has 30 heavy (non-hydrogen) atoms. The smallest absolute Gasteiger partial charge is 0.259 e. The molecular weight excluding hydrogens is 374 g/mol. The number of carbonyl (C=O) groups excluding carboxylic acids is 1. The zero-order valence-electron chi connectivity index (χ0n) is 16.5. The van der Waals surface area contributed by atoms with E-state index < -0.39 is 0 Å². The molecule has 5 heteroatoms. The molecule has 0 radical (unpaired) electrons. The minimum atomic E-state index is -0.121. The molecule has 1 aromatic heterocycles. The number of benzene rings is 3. The van der Waals surface area contributed by atoms with Crippen LogP contribution in [0.5, 0.6) is 11.5 Å². The van der Waals surface area contributed by atoms with Gasteiger partial charge in [0.25, 0.3) is 5.91 Å². The maximum Gasteiger partial charge on any atom is 0.259 e. The van der Waals surface area contributed by atoms with E-state index in [1.165, 1.54) is 0 Å². The summed E-state index contributed by atoms with van der Waals surface area (Å²) in [7, 11) is 1.75. The second kappa shape index (κ2) is 8.92. The molecule has 0 aliphatic carbocycles. The Morgan fingerprint density at radius 3 is 2.13 bits per heavy atom. The molecule has 3 aromatic carbocycles. The quantitative estimate of drug-likeness (QED) is 0.442. The van der Waals surface area contributed by atoms with Crippen LogP contribution in [0.2, 0.25) is 0 Å².